The van der Waals surface area contributed by atoms with Gasteiger partial charge in [-0.05, 0) is 28.7 Å². The highest BCUT2D eigenvalue weighted by molar-refractivity contribution is 6.23. The lowest BCUT2D eigenvalue weighted by Crippen LogP contribution is -2.24. The largest absolute Gasteiger partial charge is 0.373 e. The molecule has 0 amide bonds. The minimum absolute atomic E-state index is 0.00796. The summed E-state index contributed by atoms with van der Waals surface area (Å²) in [5.74, 6) is 0. The fraction of sp³-hybridized carbons (Fsp3) is 0.333. The van der Waals surface area contributed by atoms with Crippen LogP contribution in [0.4, 0.5) is 0 Å². The Morgan fingerprint density at radius 2 is 2.10 bits per heavy atom. The van der Waals surface area contributed by atoms with Gasteiger partial charge in [0.2, 0.25) is 0 Å². The predicted molar refractivity (Wildman–Crippen MR) is 83.9 cm³/mol. The highest BCUT2D eigenvalue weighted by Crippen LogP contribution is 2.55. The Bertz CT molecular complexity index is 670. The zero-order valence-electron chi connectivity index (χ0n) is 11.8. The molecular weight excluding hydrogens is 266 g/mol. The number of rotatable bonds is 0. The Labute approximate surface area is 125 Å². The Balaban J connectivity index is 1.99. The van der Waals surface area contributed by atoms with Gasteiger partial charge in [0.15, 0.2) is 0 Å². The van der Waals surface area contributed by atoms with E-state index < -0.39 is 0 Å². The second kappa shape index (κ2) is 4.02. The molecule has 2 heteroatoms. The summed E-state index contributed by atoms with van der Waals surface area (Å²) in [6.07, 6.45) is 9.88. The number of allylic oxidation sites excluding steroid dienone is 5. The molecule has 1 aromatic rings. The molecule has 2 aliphatic carbocycles. The van der Waals surface area contributed by atoms with Crippen molar-refractivity contribution in [3.63, 3.8) is 0 Å². The minimum atomic E-state index is 0.00796. The van der Waals surface area contributed by atoms with Crippen molar-refractivity contribution in [3.8, 4) is 0 Å². The van der Waals surface area contributed by atoms with Crippen LogP contribution >= 0.6 is 11.6 Å². The first-order valence-electron chi connectivity index (χ1n) is 7.18. The van der Waals surface area contributed by atoms with Crippen LogP contribution in [0.3, 0.4) is 0 Å². The summed E-state index contributed by atoms with van der Waals surface area (Å²) in [7, 11) is 2.18. The first-order chi connectivity index (χ1) is 9.59. The van der Waals surface area contributed by atoms with Crippen LogP contribution in [0, 0.1) is 0 Å². The number of hydrogen-bond acceptors (Lipinski definition) is 1. The van der Waals surface area contributed by atoms with E-state index in [2.05, 4.69) is 67.6 Å². The molecule has 4 rings (SSSR count). The average Bonchev–Trinajstić information content (AvgIpc) is 2.70. The molecular formula is C18H18ClN. The van der Waals surface area contributed by atoms with Gasteiger partial charge in [-0.25, -0.2) is 0 Å². The van der Waals surface area contributed by atoms with E-state index in [0.29, 0.717) is 6.04 Å². The van der Waals surface area contributed by atoms with E-state index in [0.717, 1.165) is 6.42 Å². The molecule has 0 spiro atoms. The first-order valence-corrected chi connectivity index (χ1v) is 7.61. The van der Waals surface area contributed by atoms with Crippen molar-refractivity contribution in [2.24, 2.45) is 0 Å². The summed E-state index contributed by atoms with van der Waals surface area (Å²) >= 11 is 6.35. The standard InChI is InChI=1S/C18H18ClN/c1-18-10-17(14-5-3-4-6-15(14)18)20(2)11-12-7-8-13(19)9-16(12)18/h3-9,11,13,17H,10H2,1-2H3. The van der Waals surface area contributed by atoms with E-state index in [1.807, 2.05) is 0 Å². The third kappa shape index (κ3) is 1.50. The summed E-state index contributed by atoms with van der Waals surface area (Å²) in [5, 5.41) is 0.00796. The second-order valence-corrected chi connectivity index (χ2v) is 6.78. The van der Waals surface area contributed by atoms with E-state index in [-0.39, 0.29) is 10.8 Å². The molecule has 0 saturated carbocycles. The van der Waals surface area contributed by atoms with Gasteiger partial charge in [0.05, 0.1) is 11.4 Å². The summed E-state index contributed by atoms with van der Waals surface area (Å²) in [4.78, 5) is 2.36. The number of nitrogens with zero attached hydrogens (tertiary/aromatic N) is 1. The maximum absolute atomic E-state index is 6.35. The normalized spacial score (nSPS) is 34.0. The molecule has 2 bridgehead atoms. The van der Waals surface area contributed by atoms with Crippen LogP contribution in [-0.2, 0) is 5.41 Å². The van der Waals surface area contributed by atoms with Gasteiger partial charge < -0.3 is 4.90 Å². The fourth-order valence-electron chi connectivity index (χ4n) is 4.04. The SMILES string of the molecule is CN1C=C2C=CC(Cl)C=C2C2(C)CC1c1ccccc12. The quantitative estimate of drug-likeness (QED) is 0.641. The van der Waals surface area contributed by atoms with Crippen LogP contribution in [0.25, 0.3) is 0 Å². The van der Waals surface area contributed by atoms with E-state index >= 15 is 0 Å². The zero-order chi connectivity index (χ0) is 13.9. The summed E-state index contributed by atoms with van der Waals surface area (Å²) in [6.45, 7) is 2.37. The molecule has 0 aromatic heterocycles. The lowest BCUT2D eigenvalue weighted by molar-refractivity contribution is 0.315. The van der Waals surface area contributed by atoms with E-state index in [1.165, 1.54) is 22.3 Å². The monoisotopic (exact) mass is 283 g/mol. The van der Waals surface area contributed by atoms with E-state index in [9.17, 15) is 0 Å². The molecule has 1 nitrogen and oxygen atoms in total. The minimum Gasteiger partial charge on any atom is -0.373 e. The van der Waals surface area contributed by atoms with Gasteiger partial charge in [0.1, 0.15) is 0 Å². The van der Waals surface area contributed by atoms with Crippen molar-refractivity contribution in [1.82, 2.24) is 4.90 Å². The number of hydrogen-bond donors (Lipinski definition) is 0. The lowest BCUT2D eigenvalue weighted by atomic mass is 9.72. The van der Waals surface area contributed by atoms with Crippen LogP contribution in [0.5, 0.6) is 0 Å². The Kier molecular flexibility index (Phi) is 2.47. The summed E-state index contributed by atoms with van der Waals surface area (Å²) in [6, 6.07) is 9.34. The number of benzene rings is 1. The number of alkyl halides is 1. The van der Waals surface area contributed by atoms with Crippen LogP contribution in [0.15, 0.2) is 59.8 Å². The fourth-order valence-corrected chi connectivity index (χ4v) is 4.23. The molecule has 3 atom stereocenters. The lowest BCUT2D eigenvalue weighted by Gasteiger charge is -2.31. The van der Waals surface area contributed by atoms with Crippen molar-refractivity contribution in [1.29, 1.82) is 0 Å². The first kappa shape index (κ1) is 12.3. The third-order valence-corrected chi connectivity index (χ3v) is 5.31. The molecule has 1 aliphatic heterocycles. The van der Waals surface area contributed by atoms with Crippen molar-refractivity contribution in [2.75, 3.05) is 7.05 Å². The van der Waals surface area contributed by atoms with Gasteiger partial charge >= 0.3 is 0 Å². The van der Waals surface area contributed by atoms with Crippen LogP contribution < -0.4 is 0 Å². The van der Waals surface area contributed by atoms with Gasteiger partial charge in [0, 0.05) is 18.7 Å². The van der Waals surface area contributed by atoms with Gasteiger partial charge in [-0.1, -0.05) is 49.4 Å². The molecule has 3 unspecified atom stereocenters. The molecule has 0 saturated heterocycles. The maximum Gasteiger partial charge on any atom is 0.0706 e. The Morgan fingerprint density at radius 3 is 2.95 bits per heavy atom. The smallest absolute Gasteiger partial charge is 0.0706 e. The average molecular weight is 284 g/mol. The molecule has 0 N–H and O–H groups in total. The Hall–Kier alpha value is -1.47. The van der Waals surface area contributed by atoms with E-state index in [1.54, 1.807) is 0 Å². The predicted octanol–water partition coefficient (Wildman–Crippen LogP) is 4.32. The zero-order valence-corrected chi connectivity index (χ0v) is 12.6. The maximum atomic E-state index is 6.35. The molecule has 1 aromatic carbocycles. The van der Waals surface area contributed by atoms with Crippen LogP contribution in [-0.4, -0.2) is 17.3 Å². The van der Waals surface area contributed by atoms with Crippen molar-refractivity contribution < 1.29 is 0 Å². The Morgan fingerprint density at radius 1 is 1.30 bits per heavy atom. The molecule has 0 fully saturated rings. The van der Waals surface area contributed by atoms with Crippen LogP contribution in [0.1, 0.15) is 30.5 Å². The molecule has 102 valence electrons. The number of fused-ring (bicyclic) bond motifs is 7. The van der Waals surface area contributed by atoms with Gasteiger partial charge in [-0.15, -0.1) is 11.6 Å². The second-order valence-electron chi connectivity index (χ2n) is 6.27. The highest BCUT2D eigenvalue weighted by atomic mass is 35.5. The van der Waals surface area contributed by atoms with Crippen LogP contribution in [0.2, 0.25) is 0 Å². The summed E-state index contributed by atoms with van der Waals surface area (Å²) in [5.41, 5.74) is 5.71. The molecule has 20 heavy (non-hydrogen) atoms. The molecule has 1 heterocycles. The number of halogens is 1. The topological polar surface area (TPSA) is 3.24 Å². The van der Waals surface area contributed by atoms with Gasteiger partial charge in [0.25, 0.3) is 0 Å². The van der Waals surface area contributed by atoms with Gasteiger partial charge in [-0.3, -0.25) is 0 Å². The third-order valence-electron chi connectivity index (χ3n) is 5.04. The molecule has 3 aliphatic rings. The van der Waals surface area contributed by atoms with Crippen molar-refractivity contribution in [3.05, 3.63) is 71.0 Å². The highest BCUT2D eigenvalue weighted by Gasteiger charge is 2.46. The van der Waals surface area contributed by atoms with Crippen molar-refractivity contribution in [2.45, 2.75) is 30.2 Å². The van der Waals surface area contributed by atoms with Crippen molar-refractivity contribution >= 4 is 11.6 Å². The van der Waals surface area contributed by atoms with Gasteiger partial charge in [-0.2, -0.15) is 0 Å². The molecule has 0 radical (unpaired) electrons. The summed E-state index contributed by atoms with van der Waals surface area (Å²) < 4.78 is 0. The van der Waals surface area contributed by atoms with E-state index in [4.69, 9.17) is 11.6 Å².